The van der Waals surface area contributed by atoms with Crippen LogP contribution in [0.3, 0.4) is 0 Å². The summed E-state index contributed by atoms with van der Waals surface area (Å²) in [7, 11) is -0.956. The maximum atomic E-state index is 12.8. The van der Waals surface area contributed by atoms with E-state index in [1.807, 2.05) is 42.5 Å². The monoisotopic (exact) mass is 390 g/mol. The molecule has 3 aromatic rings. The molecule has 1 aliphatic carbocycles. The first kappa shape index (κ1) is 18.9. The molecule has 3 aromatic carbocycles. The Hall–Kier alpha value is -2.43. The Balaban J connectivity index is 1.52. The molecule has 1 fully saturated rings. The number of nitrogens with one attached hydrogen (secondary N) is 1. The van der Waals surface area contributed by atoms with Gasteiger partial charge < -0.3 is 0 Å². The van der Waals surface area contributed by atoms with E-state index in [-0.39, 0.29) is 0 Å². The highest BCUT2D eigenvalue weighted by atomic mass is 32.2. The van der Waals surface area contributed by atoms with Crippen molar-refractivity contribution in [3.8, 4) is 0 Å². The van der Waals surface area contributed by atoms with E-state index in [1.54, 1.807) is 0 Å². The van der Waals surface area contributed by atoms with Gasteiger partial charge in [-0.05, 0) is 55.2 Å². The van der Waals surface area contributed by atoms with E-state index >= 15 is 0 Å². The van der Waals surface area contributed by atoms with E-state index in [0.29, 0.717) is 17.7 Å². The first-order valence-corrected chi connectivity index (χ1v) is 11.2. The third kappa shape index (κ3) is 4.51. The van der Waals surface area contributed by atoms with Crippen LogP contribution in [0.15, 0.2) is 95.9 Å². The van der Waals surface area contributed by atoms with Crippen LogP contribution in [-0.4, -0.2) is 16.0 Å². The predicted octanol–water partition coefficient (Wildman–Crippen LogP) is 5.31. The highest BCUT2D eigenvalue weighted by molar-refractivity contribution is 7.85. The molecule has 0 saturated heterocycles. The minimum atomic E-state index is -0.956. The molecule has 4 rings (SSSR count). The fraction of sp³-hybridized carbons (Fsp3) is 0.250. The summed E-state index contributed by atoms with van der Waals surface area (Å²) < 4.78 is 12.8. The van der Waals surface area contributed by atoms with E-state index in [0.717, 1.165) is 29.1 Å². The van der Waals surface area contributed by atoms with Crippen LogP contribution in [0.1, 0.15) is 19.3 Å². The molecule has 3 atom stereocenters. The second-order valence-electron chi connectivity index (χ2n) is 7.26. The first-order chi connectivity index (χ1) is 13.8. The van der Waals surface area contributed by atoms with Gasteiger partial charge in [0.25, 0.3) is 0 Å². The van der Waals surface area contributed by atoms with Crippen LogP contribution in [0.25, 0.3) is 0 Å². The standard InChI is InChI=1S/C24H26N2OS/c27-28(23-16-8-3-9-17-23)19-20-11-10-18-24(20)25-26(21-12-4-1-5-13-21)22-14-6-2-7-15-22/h1-9,12-17,20,24-25H,10-11,18-19H2/t20-,24+,28?/m1/s1. The molecule has 0 aliphatic heterocycles. The van der Waals surface area contributed by atoms with Gasteiger partial charge in [-0.2, -0.15) is 0 Å². The Kier molecular flexibility index (Phi) is 6.20. The summed E-state index contributed by atoms with van der Waals surface area (Å²) in [5.74, 6) is 1.11. The number of hydrogen-bond acceptors (Lipinski definition) is 3. The van der Waals surface area contributed by atoms with Gasteiger partial charge in [0.1, 0.15) is 0 Å². The second-order valence-corrected chi connectivity index (χ2v) is 8.75. The molecule has 0 spiro atoms. The molecule has 28 heavy (non-hydrogen) atoms. The lowest BCUT2D eigenvalue weighted by Gasteiger charge is -2.32. The van der Waals surface area contributed by atoms with Crippen molar-refractivity contribution in [2.45, 2.75) is 30.2 Å². The Morgan fingerprint density at radius 1 is 0.786 bits per heavy atom. The van der Waals surface area contributed by atoms with Crippen LogP contribution in [0, 0.1) is 5.92 Å². The van der Waals surface area contributed by atoms with Crippen LogP contribution >= 0.6 is 0 Å². The van der Waals surface area contributed by atoms with Crippen molar-refractivity contribution in [1.82, 2.24) is 5.43 Å². The zero-order valence-corrected chi connectivity index (χ0v) is 16.7. The van der Waals surface area contributed by atoms with Crippen LogP contribution in [0.4, 0.5) is 11.4 Å². The fourth-order valence-corrected chi connectivity index (χ4v) is 5.33. The summed E-state index contributed by atoms with van der Waals surface area (Å²) in [6.07, 6.45) is 3.40. The molecule has 1 N–H and O–H groups in total. The van der Waals surface area contributed by atoms with Crippen molar-refractivity contribution in [3.05, 3.63) is 91.0 Å². The van der Waals surface area contributed by atoms with Crippen molar-refractivity contribution in [1.29, 1.82) is 0 Å². The zero-order valence-electron chi connectivity index (χ0n) is 15.9. The smallest absolute Gasteiger partial charge is 0.0577 e. The van der Waals surface area contributed by atoms with Gasteiger partial charge in [-0.3, -0.25) is 9.22 Å². The zero-order chi connectivity index (χ0) is 19.2. The number of hydrogen-bond donors (Lipinski definition) is 1. The Labute approximate surface area is 169 Å². The second kappa shape index (κ2) is 9.18. The van der Waals surface area contributed by atoms with Gasteiger partial charge in [0.2, 0.25) is 0 Å². The maximum Gasteiger partial charge on any atom is 0.0577 e. The summed E-state index contributed by atoms with van der Waals surface area (Å²) in [5.41, 5.74) is 5.98. The summed E-state index contributed by atoms with van der Waals surface area (Å²) in [6.45, 7) is 0. The molecule has 4 heteroatoms. The topological polar surface area (TPSA) is 32.3 Å². The average Bonchev–Trinajstić information content (AvgIpc) is 3.20. The van der Waals surface area contributed by atoms with Gasteiger partial charge in [-0.25, -0.2) is 5.43 Å². The minimum absolute atomic E-state index is 0.313. The molecule has 0 amide bonds. The normalized spacial score (nSPS) is 20.0. The molecule has 1 aliphatic rings. The fourth-order valence-electron chi connectivity index (χ4n) is 3.89. The quantitative estimate of drug-likeness (QED) is 0.555. The van der Waals surface area contributed by atoms with Crippen LogP contribution in [-0.2, 0) is 10.8 Å². The third-order valence-corrected chi connectivity index (χ3v) is 6.88. The van der Waals surface area contributed by atoms with Gasteiger partial charge in [0.05, 0.1) is 22.2 Å². The summed E-state index contributed by atoms with van der Waals surface area (Å²) in [5, 5.41) is 2.18. The Morgan fingerprint density at radius 2 is 1.32 bits per heavy atom. The van der Waals surface area contributed by atoms with Gasteiger partial charge >= 0.3 is 0 Å². The number of rotatable bonds is 7. The Bertz CT molecular complexity index is 847. The molecular formula is C24H26N2OS. The van der Waals surface area contributed by atoms with Crippen molar-refractivity contribution < 1.29 is 4.21 Å². The lowest BCUT2D eigenvalue weighted by atomic mass is 10.1. The molecule has 0 bridgehead atoms. The van der Waals surface area contributed by atoms with Crippen molar-refractivity contribution in [2.75, 3.05) is 10.8 Å². The number of hydrazine groups is 1. The molecule has 0 radical (unpaired) electrons. The Morgan fingerprint density at radius 3 is 1.89 bits per heavy atom. The highest BCUT2D eigenvalue weighted by Gasteiger charge is 2.30. The highest BCUT2D eigenvalue weighted by Crippen LogP contribution is 2.31. The van der Waals surface area contributed by atoms with Crippen LogP contribution in [0.5, 0.6) is 0 Å². The van der Waals surface area contributed by atoms with E-state index in [1.165, 1.54) is 6.42 Å². The predicted molar refractivity (Wildman–Crippen MR) is 117 cm³/mol. The summed E-state index contributed by atoms with van der Waals surface area (Å²) >= 11 is 0. The van der Waals surface area contributed by atoms with Gasteiger partial charge in [0, 0.05) is 16.7 Å². The van der Waals surface area contributed by atoms with Crippen LogP contribution in [0.2, 0.25) is 0 Å². The first-order valence-electron chi connectivity index (χ1n) is 9.91. The molecule has 3 nitrogen and oxygen atoms in total. The maximum absolute atomic E-state index is 12.8. The summed E-state index contributed by atoms with van der Waals surface area (Å²) in [6, 6.07) is 30.9. The van der Waals surface area contributed by atoms with Crippen LogP contribution < -0.4 is 10.4 Å². The third-order valence-electron chi connectivity index (χ3n) is 5.35. The number of para-hydroxylation sites is 2. The lowest BCUT2D eigenvalue weighted by Crippen LogP contribution is -2.45. The van der Waals surface area contributed by atoms with E-state index in [2.05, 4.69) is 59.0 Å². The average molecular weight is 391 g/mol. The largest absolute Gasteiger partial charge is 0.277 e. The molecule has 0 aromatic heterocycles. The SMILES string of the molecule is O=S(C[C@H]1CCC[C@@H]1NN(c1ccccc1)c1ccccc1)c1ccccc1. The number of anilines is 2. The minimum Gasteiger partial charge on any atom is -0.277 e. The molecule has 0 heterocycles. The summed E-state index contributed by atoms with van der Waals surface area (Å²) in [4.78, 5) is 0.927. The molecule has 144 valence electrons. The number of nitrogens with zero attached hydrogens (tertiary/aromatic N) is 1. The number of benzene rings is 3. The van der Waals surface area contributed by atoms with E-state index in [4.69, 9.17) is 0 Å². The van der Waals surface area contributed by atoms with E-state index < -0.39 is 10.8 Å². The molecular weight excluding hydrogens is 364 g/mol. The van der Waals surface area contributed by atoms with Gasteiger partial charge in [0.15, 0.2) is 0 Å². The van der Waals surface area contributed by atoms with Crippen molar-refractivity contribution in [2.24, 2.45) is 5.92 Å². The van der Waals surface area contributed by atoms with Crippen molar-refractivity contribution >= 4 is 22.2 Å². The lowest BCUT2D eigenvalue weighted by molar-refractivity contribution is 0.434. The van der Waals surface area contributed by atoms with E-state index in [9.17, 15) is 4.21 Å². The van der Waals surface area contributed by atoms with Crippen molar-refractivity contribution in [3.63, 3.8) is 0 Å². The van der Waals surface area contributed by atoms with Gasteiger partial charge in [-0.15, -0.1) is 0 Å². The molecule has 1 saturated carbocycles. The van der Waals surface area contributed by atoms with Gasteiger partial charge in [-0.1, -0.05) is 61.0 Å². The molecule has 1 unspecified atom stereocenters.